The van der Waals surface area contributed by atoms with Crippen LogP contribution in [0.2, 0.25) is 0 Å². The number of carbonyl (C=O) groups excluding carboxylic acids is 1. The SMILES string of the molecule is CCN(C(=O)Nc1ncccn1)C(C)(C)C(=O)O. The van der Waals surface area contributed by atoms with E-state index in [1.165, 1.54) is 31.1 Å². The van der Waals surface area contributed by atoms with E-state index >= 15 is 0 Å². The number of anilines is 1. The summed E-state index contributed by atoms with van der Waals surface area (Å²) in [5, 5.41) is 11.6. The average Bonchev–Trinajstić information content (AvgIpc) is 2.30. The number of hydrogen-bond acceptors (Lipinski definition) is 4. The van der Waals surface area contributed by atoms with Crippen LogP contribution < -0.4 is 5.32 Å². The van der Waals surface area contributed by atoms with Crippen LogP contribution in [0.15, 0.2) is 18.5 Å². The normalized spacial score (nSPS) is 10.8. The number of carbonyl (C=O) groups is 2. The van der Waals surface area contributed by atoms with E-state index in [9.17, 15) is 9.59 Å². The first-order valence-corrected chi connectivity index (χ1v) is 5.48. The van der Waals surface area contributed by atoms with Gasteiger partial charge < -0.3 is 10.0 Å². The summed E-state index contributed by atoms with van der Waals surface area (Å²) in [7, 11) is 0. The smallest absolute Gasteiger partial charge is 0.329 e. The standard InChI is InChI=1S/C11H16N4O3/c1-4-15(11(2,3)8(16)17)10(18)14-9-12-6-5-7-13-9/h5-7H,4H2,1-3H3,(H,16,17)(H,12,13,14,18). The maximum absolute atomic E-state index is 12.0. The number of aromatic nitrogens is 2. The summed E-state index contributed by atoms with van der Waals surface area (Å²) in [4.78, 5) is 32.0. The van der Waals surface area contributed by atoms with E-state index in [1.807, 2.05) is 0 Å². The molecule has 0 atom stereocenters. The third-order valence-electron chi connectivity index (χ3n) is 2.54. The Morgan fingerprint density at radius 3 is 2.39 bits per heavy atom. The van der Waals surface area contributed by atoms with E-state index in [4.69, 9.17) is 5.11 Å². The molecule has 18 heavy (non-hydrogen) atoms. The number of nitrogens with zero attached hydrogens (tertiary/aromatic N) is 3. The summed E-state index contributed by atoms with van der Waals surface area (Å²) in [6, 6.07) is 1.07. The van der Waals surface area contributed by atoms with Crippen LogP contribution in [-0.4, -0.2) is 44.1 Å². The van der Waals surface area contributed by atoms with Crippen molar-refractivity contribution < 1.29 is 14.7 Å². The van der Waals surface area contributed by atoms with Gasteiger partial charge in [0, 0.05) is 18.9 Å². The zero-order chi connectivity index (χ0) is 13.8. The van der Waals surface area contributed by atoms with Crippen molar-refractivity contribution in [3.63, 3.8) is 0 Å². The number of urea groups is 1. The van der Waals surface area contributed by atoms with E-state index in [1.54, 1.807) is 13.0 Å². The molecule has 0 spiro atoms. The van der Waals surface area contributed by atoms with E-state index in [-0.39, 0.29) is 12.5 Å². The fourth-order valence-electron chi connectivity index (χ4n) is 1.43. The second-order valence-corrected chi connectivity index (χ2v) is 4.11. The number of carboxylic acid groups (broad SMARTS) is 1. The Morgan fingerprint density at radius 1 is 1.39 bits per heavy atom. The fourth-order valence-corrected chi connectivity index (χ4v) is 1.43. The molecule has 0 saturated heterocycles. The van der Waals surface area contributed by atoms with Crippen LogP contribution in [0.4, 0.5) is 10.7 Å². The number of hydrogen-bond donors (Lipinski definition) is 2. The first kappa shape index (κ1) is 13.9. The van der Waals surface area contributed by atoms with Crippen molar-refractivity contribution in [2.24, 2.45) is 0 Å². The minimum Gasteiger partial charge on any atom is -0.480 e. The van der Waals surface area contributed by atoms with Crippen LogP contribution in [0, 0.1) is 0 Å². The third kappa shape index (κ3) is 2.93. The van der Waals surface area contributed by atoms with Gasteiger partial charge in [-0.05, 0) is 26.8 Å². The van der Waals surface area contributed by atoms with Crippen molar-refractivity contribution in [2.75, 3.05) is 11.9 Å². The van der Waals surface area contributed by atoms with Crippen LogP contribution in [0.5, 0.6) is 0 Å². The lowest BCUT2D eigenvalue weighted by molar-refractivity contribution is -0.147. The summed E-state index contributed by atoms with van der Waals surface area (Å²) >= 11 is 0. The maximum atomic E-state index is 12.0. The van der Waals surface area contributed by atoms with Gasteiger partial charge in [0.05, 0.1) is 0 Å². The zero-order valence-corrected chi connectivity index (χ0v) is 10.5. The molecular weight excluding hydrogens is 236 g/mol. The maximum Gasteiger partial charge on any atom is 0.329 e. The van der Waals surface area contributed by atoms with Crippen LogP contribution in [0.1, 0.15) is 20.8 Å². The van der Waals surface area contributed by atoms with Crippen molar-refractivity contribution in [1.82, 2.24) is 14.9 Å². The lowest BCUT2D eigenvalue weighted by Crippen LogP contribution is -2.54. The molecule has 0 aliphatic rings. The van der Waals surface area contributed by atoms with Gasteiger partial charge in [-0.15, -0.1) is 0 Å². The van der Waals surface area contributed by atoms with Gasteiger partial charge in [0.15, 0.2) is 0 Å². The molecule has 0 saturated carbocycles. The molecule has 0 unspecified atom stereocenters. The van der Waals surface area contributed by atoms with E-state index in [0.29, 0.717) is 0 Å². The molecule has 1 aromatic rings. The molecule has 1 rings (SSSR count). The average molecular weight is 252 g/mol. The molecular formula is C11H16N4O3. The second-order valence-electron chi connectivity index (χ2n) is 4.11. The van der Waals surface area contributed by atoms with Gasteiger partial charge in [0.1, 0.15) is 5.54 Å². The first-order chi connectivity index (χ1) is 8.39. The number of carboxylic acids is 1. The molecule has 1 heterocycles. The summed E-state index contributed by atoms with van der Waals surface area (Å²) in [5.74, 6) is -0.935. The third-order valence-corrected chi connectivity index (χ3v) is 2.54. The Balaban J connectivity index is 2.84. The molecule has 0 radical (unpaired) electrons. The molecule has 0 aromatic carbocycles. The van der Waals surface area contributed by atoms with Crippen LogP contribution in [0.25, 0.3) is 0 Å². The summed E-state index contributed by atoms with van der Waals surface area (Å²) in [6.07, 6.45) is 2.97. The van der Waals surface area contributed by atoms with Crippen molar-refractivity contribution >= 4 is 17.9 Å². The lowest BCUT2D eigenvalue weighted by atomic mass is 10.0. The Labute approximate surface area is 105 Å². The minimum atomic E-state index is -1.30. The molecule has 1 aromatic heterocycles. The number of rotatable bonds is 4. The van der Waals surface area contributed by atoms with Gasteiger partial charge in [-0.2, -0.15) is 0 Å². The summed E-state index contributed by atoms with van der Waals surface area (Å²) in [6.45, 7) is 4.89. The number of likely N-dealkylation sites (N-methyl/N-ethyl adjacent to an activating group) is 1. The Morgan fingerprint density at radius 2 is 1.94 bits per heavy atom. The van der Waals surface area contributed by atoms with Crippen molar-refractivity contribution in [1.29, 1.82) is 0 Å². The van der Waals surface area contributed by atoms with Crippen LogP contribution in [-0.2, 0) is 4.79 Å². The van der Waals surface area contributed by atoms with Crippen LogP contribution >= 0.6 is 0 Å². The molecule has 7 nitrogen and oxygen atoms in total. The molecule has 0 fully saturated rings. The van der Waals surface area contributed by atoms with Gasteiger partial charge in [0.2, 0.25) is 5.95 Å². The second kappa shape index (κ2) is 5.44. The van der Waals surface area contributed by atoms with Gasteiger partial charge in [-0.25, -0.2) is 19.6 Å². The molecule has 98 valence electrons. The van der Waals surface area contributed by atoms with Gasteiger partial charge in [-0.3, -0.25) is 5.32 Å². The quantitative estimate of drug-likeness (QED) is 0.839. The number of amides is 2. The highest BCUT2D eigenvalue weighted by molar-refractivity contribution is 5.92. The molecule has 0 aliphatic carbocycles. The summed E-state index contributed by atoms with van der Waals surface area (Å²) < 4.78 is 0. The van der Waals surface area contributed by atoms with Crippen LogP contribution in [0.3, 0.4) is 0 Å². The molecule has 0 aliphatic heterocycles. The molecule has 2 N–H and O–H groups in total. The lowest BCUT2D eigenvalue weighted by Gasteiger charge is -2.33. The highest BCUT2D eigenvalue weighted by Crippen LogP contribution is 2.15. The number of nitrogens with one attached hydrogen (secondary N) is 1. The van der Waals surface area contributed by atoms with E-state index in [0.717, 1.165) is 0 Å². The predicted octanol–water partition coefficient (Wildman–Crippen LogP) is 1.19. The predicted molar refractivity (Wildman–Crippen MR) is 65.1 cm³/mol. The van der Waals surface area contributed by atoms with Gasteiger partial charge in [0.25, 0.3) is 0 Å². The summed E-state index contributed by atoms with van der Waals surface area (Å²) in [5.41, 5.74) is -1.30. The monoisotopic (exact) mass is 252 g/mol. The van der Waals surface area contributed by atoms with Crippen molar-refractivity contribution in [3.8, 4) is 0 Å². The minimum absolute atomic E-state index is 0.141. The van der Waals surface area contributed by atoms with E-state index in [2.05, 4.69) is 15.3 Å². The molecule has 7 heteroatoms. The highest BCUT2D eigenvalue weighted by Gasteiger charge is 2.37. The first-order valence-electron chi connectivity index (χ1n) is 5.48. The van der Waals surface area contributed by atoms with Gasteiger partial charge in [-0.1, -0.05) is 0 Å². The fraction of sp³-hybridized carbons (Fsp3) is 0.455. The highest BCUT2D eigenvalue weighted by atomic mass is 16.4. The van der Waals surface area contributed by atoms with Crippen molar-refractivity contribution in [3.05, 3.63) is 18.5 Å². The van der Waals surface area contributed by atoms with Gasteiger partial charge >= 0.3 is 12.0 Å². The largest absolute Gasteiger partial charge is 0.480 e. The molecule has 0 bridgehead atoms. The van der Waals surface area contributed by atoms with E-state index < -0.39 is 17.5 Å². The Hall–Kier alpha value is -2.18. The Bertz CT molecular complexity index is 433. The van der Waals surface area contributed by atoms with Crippen molar-refractivity contribution in [2.45, 2.75) is 26.3 Å². The number of aliphatic carboxylic acids is 1. The topological polar surface area (TPSA) is 95.4 Å². The zero-order valence-electron chi connectivity index (χ0n) is 10.5. The Kier molecular flexibility index (Phi) is 4.19. The molecule has 2 amide bonds.